The van der Waals surface area contributed by atoms with E-state index in [9.17, 15) is 5.11 Å². The van der Waals surface area contributed by atoms with E-state index in [-0.39, 0.29) is 36.2 Å². The van der Waals surface area contributed by atoms with Gasteiger partial charge in [0.2, 0.25) is 0 Å². The summed E-state index contributed by atoms with van der Waals surface area (Å²) in [4.78, 5) is 6.47. The molecule has 0 bridgehead atoms. The second-order valence-corrected chi connectivity index (χ2v) is 9.02. The third kappa shape index (κ3) is 4.37. The van der Waals surface area contributed by atoms with Crippen molar-refractivity contribution in [2.45, 2.75) is 32.7 Å². The van der Waals surface area contributed by atoms with Crippen LogP contribution in [0.4, 0.5) is 15.8 Å². The normalized spacial score (nSPS) is 23.0. The van der Waals surface area contributed by atoms with E-state index in [2.05, 4.69) is 34.2 Å². The second-order valence-electron chi connectivity index (χ2n) is 9.02. The van der Waals surface area contributed by atoms with Gasteiger partial charge in [0, 0.05) is 45.7 Å². The summed E-state index contributed by atoms with van der Waals surface area (Å²) in [7, 11) is 4.09. The zero-order valence-electron chi connectivity index (χ0n) is 18.9. The Hall–Kier alpha value is -1.61. The molecule has 1 aromatic rings. The van der Waals surface area contributed by atoms with Crippen LogP contribution in [0.2, 0.25) is 0 Å². The summed E-state index contributed by atoms with van der Waals surface area (Å²) in [5, 5.41) is 19.4. The number of fused-ring (bicyclic) bond motifs is 1. The summed E-state index contributed by atoms with van der Waals surface area (Å²) < 4.78 is 21.7. The van der Waals surface area contributed by atoms with Gasteiger partial charge >= 0.3 is 0 Å². The van der Waals surface area contributed by atoms with E-state index in [0.29, 0.717) is 24.6 Å². The average Bonchev–Trinajstić information content (AvgIpc) is 2.72. The summed E-state index contributed by atoms with van der Waals surface area (Å²) in [5.74, 6) is 0.145. The Morgan fingerprint density at radius 3 is 2.47 bits per heavy atom. The van der Waals surface area contributed by atoms with Crippen molar-refractivity contribution >= 4 is 11.4 Å². The standard InChI is InChI=1S/C22H37FN4O3/c1-14(11-24-29)16(3)18(12-28)17-10-19(23)21(27-8-6-25(4)7-9-27)22-20(17)26(5)15(2)13-30-22/h10,14-16,18,24,28-29H,6-9,11-13H2,1-5H3. The number of likely N-dealkylation sites (N-methyl/N-ethyl adjacent to an activating group) is 2. The number of nitrogens with zero attached hydrogens (tertiary/aromatic N) is 3. The predicted octanol–water partition coefficient (Wildman–Crippen LogP) is 2.12. The van der Waals surface area contributed by atoms with Gasteiger partial charge in [-0.1, -0.05) is 13.8 Å². The van der Waals surface area contributed by atoms with Gasteiger partial charge in [-0.25, -0.2) is 9.87 Å². The van der Waals surface area contributed by atoms with Gasteiger partial charge in [0.1, 0.15) is 12.3 Å². The van der Waals surface area contributed by atoms with Crippen molar-refractivity contribution in [3.8, 4) is 5.75 Å². The van der Waals surface area contributed by atoms with Crippen molar-refractivity contribution in [2.75, 3.05) is 69.8 Å². The first-order valence-corrected chi connectivity index (χ1v) is 10.9. The zero-order chi connectivity index (χ0) is 22.0. The Kier molecular flexibility index (Phi) is 7.44. The van der Waals surface area contributed by atoms with Gasteiger partial charge in [0.15, 0.2) is 11.6 Å². The Morgan fingerprint density at radius 1 is 1.20 bits per heavy atom. The number of hydrogen-bond donors (Lipinski definition) is 3. The van der Waals surface area contributed by atoms with Crippen molar-refractivity contribution in [3.63, 3.8) is 0 Å². The van der Waals surface area contributed by atoms with E-state index in [1.807, 2.05) is 20.9 Å². The number of rotatable bonds is 7. The molecule has 2 aliphatic rings. The molecule has 3 rings (SSSR count). The highest BCUT2D eigenvalue weighted by Gasteiger charge is 2.36. The third-order valence-corrected chi connectivity index (χ3v) is 7.06. The molecule has 8 heteroatoms. The molecule has 3 N–H and O–H groups in total. The maximum atomic E-state index is 15.6. The number of piperazine rings is 1. The summed E-state index contributed by atoms with van der Waals surface area (Å²) in [5.41, 5.74) is 4.41. The van der Waals surface area contributed by atoms with Crippen LogP contribution in [-0.4, -0.2) is 81.3 Å². The fourth-order valence-electron chi connectivity index (χ4n) is 4.54. The lowest BCUT2D eigenvalue weighted by Crippen LogP contribution is -2.46. The Labute approximate surface area is 179 Å². The van der Waals surface area contributed by atoms with Crippen LogP contribution < -0.4 is 20.0 Å². The van der Waals surface area contributed by atoms with E-state index in [0.717, 1.165) is 37.4 Å². The van der Waals surface area contributed by atoms with Gasteiger partial charge in [-0.2, -0.15) is 0 Å². The number of nitrogens with one attached hydrogen (secondary N) is 1. The SMILES string of the molecule is CC(CNO)C(C)C(CO)c1cc(F)c(N2CCN(C)CC2)c2c1N(C)C(C)CO2. The summed E-state index contributed by atoms with van der Waals surface area (Å²) >= 11 is 0. The molecule has 1 saturated heterocycles. The largest absolute Gasteiger partial charge is 0.487 e. The summed E-state index contributed by atoms with van der Waals surface area (Å²) in [6.45, 7) is 10.2. The molecule has 0 saturated carbocycles. The third-order valence-electron chi connectivity index (χ3n) is 7.06. The Morgan fingerprint density at radius 2 is 1.87 bits per heavy atom. The molecular weight excluding hydrogens is 387 g/mol. The number of halogens is 1. The number of hydroxylamine groups is 1. The van der Waals surface area contributed by atoms with Crippen LogP contribution >= 0.6 is 0 Å². The summed E-state index contributed by atoms with van der Waals surface area (Å²) in [6.07, 6.45) is 0. The monoisotopic (exact) mass is 424 g/mol. The molecule has 1 aromatic carbocycles. The van der Waals surface area contributed by atoms with Crippen molar-refractivity contribution in [2.24, 2.45) is 11.8 Å². The molecule has 30 heavy (non-hydrogen) atoms. The maximum Gasteiger partial charge on any atom is 0.169 e. The molecule has 0 aromatic heterocycles. The molecule has 0 amide bonds. The van der Waals surface area contributed by atoms with Gasteiger partial charge in [0.05, 0.1) is 18.3 Å². The number of hydrogen-bond acceptors (Lipinski definition) is 7. The lowest BCUT2D eigenvalue weighted by Gasteiger charge is -2.42. The van der Waals surface area contributed by atoms with Crippen LogP contribution in [0.1, 0.15) is 32.3 Å². The predicted molar refractivity (Wildman–Crippen MR) is 117 cm³/mol. The van der Waals surface area contributed by atoms with Crippen molar-refractivity contribution in [1.29, 1.82) is 0 Å². The van der Waals surface area contributed by atoms with Gasteiger partial charge in [-0.15, -0.1) is 0 Å². The topological polar surface area (TPSA) is 71.4 Å². The number of anilines is 2. The lowest BCUT2D eigenvalue weighted by atomic mass is 9.79. The van der Waals surface area contributed by atoms with E-state index in [1.54, 1.807) is 6.07 Å². The average molecular weight is 425 g/mol. The highest BCUT2D eigenvalue weighted by atomic mass is 19.1. The van der Waals surface area contributed by atoms with E-state index in [4.69, 9.17) is 9.94 Å². The number of aliphatic hydroxyl groups excluding tert-OH is 1. The molecule has 0 aliphatic carbocycles. The van der Waals surface area contributed by atoms with Gasteiger partial charge < -0.3 is 29.8 Å². The van der Waals surface area contributed by atoms with Crippen LogP contribution in [0.3, 0.4) is 0 Å². The first kappa shape index (κ1) is 23.1. The van der Waals surface area contributed by atoms with Crippen LogP contribution in [0.25, 0.3) is 0 Å². The highest BCUT2D eigenvalue weighted by Crippen LogP contribution is 2.49. The first-order chi connectivity index (χ1) is 14.3. The first-order valence-electron chi connectivity index (χ1n) is 10.9. The molecular formula is C22H37FN4O3. The Bertz CT molecular complexity index is 727. The van der Waals surface area contributed by atoms with Crippen molar-refractivity contribution in [3.05, 3.63) is 17.4 Å². The van der Waals surface area contributed by atoms with E-state index >= 15 is 4.39 Å². The molecule has 1 fully saturated rings. The number of ether oxygens (including phenoxy) is 1. The lowest BCUT2D eigenvalue weighted by molar-refractivity contribution is 0.125. The molecule has 4 unspecified atom stereocenters. The van der Waals surface area contributed by atoms with E-state index in [1.165, 1.54) is 0 Å². The molecule has 170 valence electrons. The van der Waals surface area contributed by atoms with Crippen molar-refractivity contribution in [1.82, 2.24) is 10.4 Å². The molecule has 4 atom stereocenters. The van der Waals surface area contributed by atoms with Gasteiger partial charge in [-0.05, 0) is 37.4 Å². The zero-order valence-corrected chi connectivity index (χ0v) is 18.9. The highest BCUT2D eigenvalue weighted by molar-refractivity contribution is 5.78. The van der Waals surface area contributed by atoms with Crippen LogP contribution in [0.15, 0.2) is 6.07 Å². The Balaban J connectivity index is 2.09. The van der Waals surface area contributed by atoms with Crippen molar-refractivity contribution < 1.29 is 19.4 Å². The molecule has 0 radical (unpaired) electrons. The fraction of sp³-hybridized carbons (Fsp3) is 0.727. The minimum Gasteiger partial charge on any atom is -0.487 e. The van der Waals surface area contributed by atoms with Gasteiger partial charge in [0.25, 0.3) is 0 Å². The van der Waals surface area contributed by atoms with Crippen LogP contribution in [-0.2, 0) is 0 Å². The minimum absolute atomic E-state index is 0.0262. The van der Waals surface area contributed by atoms with Crippen LogP contribution in [0.5, 0.6) is 5.75 Å². The quantitative estimate of drug-likeness (QED) is 0.579. The second kappa shape index (κ2) is 9.68. The fourth-order valence-corrected chi connectivity index (χ4v) is 4.54. The minimum atomic E-state index is -0.296. The molecule has 0 spiro atoms. The molecule has 2 heterocycles. The molecule has 2 aliphatic heterocycles. The van der Waals surface area contributed by atoms with Crippen LogP contribution in [0, 0.1) is 17.7 Å². The number of benzene rings is 1. The smallest absolute Gasteiger partial charge is 0.169 e. The van der Waals surface area contributed by atoms with E-state index < -0.39 is 0 Å². The summed E-state index contributed by atoms with van der Waals surface area (Å²) in [6, 6.07) is 1.74. The maximum absolute atomic E-state index is 15.6. The number of aliphatic hydroxyl groups is 1. The van der Waals surface area contributed by atoms with Gasteiger partial charge in [-0.3, -0.25) is 0 Å². The molecule has 7 nitrogen and oxygen atoms in total.